The second-order valence-electron chi connectivity index (χ2n) is 4.71. The molecule has 2 atom stereocenters. The van der Waals surface area contributed by atoms with Crippen molar-refractivity contribution in [3.63, 3.8) is 0 Å². The number of hydrogen-bond donors (Lipinski definition) is 2. The van der Waals surface area contributed by atoms with Gasteiger partial charge in [-0.1, -0.05) is 15.9 Å². The first-order valence-corrected chi connectivity index (χ1v) is 6.92. The molecule has 2 rings (SSSR count). The highest BCUT2D eigenvalue weighted by molar-refractivity contribution is 9.10. The summed E-state index contributed by atoms with van der Waals surface area (Å²) in [6, 6.07) is 7.99. The highest BCUT2D eigenvalue weighted by Gasteiger charge is 2.24. The molecule has 18 heavy (non-hydrogen) atoms. The Morgan fingerprint density at radius 2 is 2.17 bits per heavy atom. The summed E-state index contributed by atoms with van der Waals surface area (Å²) in [7, 11) is 0. The highest BCUT2D eigenvalue weighted by Crippen LogP contribution is 2.22. The van der Waals surface area contributed by atoms with Gasteiger partial charge in [-0.3, -0.25) is 4.79 Å². The van der Waals surface area contributed by atoms with E-state index in [2.05, 4.69) is 38.3 Å². The third-order valence-corrected chi connectivity index (χ3v) is 3.67. The number of benzene rings is 1. The summed E-state index contributed by atoms with van der Waals surface area (Å²) in [5.74, 6) is -0.0716. The van der Waals surface area contributed by atoms with Crippen LogP contribution in [-0.2, 0) is 4.79 Å². The van der Waals surface area contributed by atoms with E-state index < -0.39 is 6.04 Å². The molecule has 0 bridgehead atoms. The van der Waals surface area contributed by atoms with Crippen molar-refractivity contribution in [1.29, 1.82) is 0 Å². The topological polar surface area (TPSA) is 58.4 Å². The van der Waals surface area contributed by atoms with E-state index in [0.717, 1.165) is 24.0 Å². The number of nitrogens with two attached hydrogens (primary N) is 1. The minimum absolute atomic E-state index is 0.0716. The number of halogens is 1. The van der Waals surface area contributed by atoms with Crippen LogP contribution < -0.4 is 16.0 Å². The zero-order chi connectivity index (χ0) is 13.1. The van der Waals surface area contributed by atoms with E-state index in [9.17, 15) is 4.79 Å². The largest absolute Gasteiger partial charge is 0.369 e. The van der Waals surface area contributed by atoms with Crippen molar-refractivity contribution in [2.45, 2.75) is 25.4 Å². The molecule has 3 N–H and O–H groups in total. The zero-order valence-corrected chi connectivity index (χ0v) is 12.0. The number of amides is 1. The first kappa shape index (κ1) is 13.4. The minimum atomic E-state index is -0.438. The number of anilines is 1. The first-order valence-electron chi connectivity index (χ1n) is 6.13. The van der Waals surface area contributed by atoms with Gasteiger partial charge in [0.15, 0.2) is 0 Å². The Bertz CT molecular complexity index is 419. The Kier molecular flexibility index (Phi) is 4.24. The monoisotopic (exact) mass is 311 g/mol. The lowest BCUT2D eigenvalue weighted by atomic mass is 10.2. The van der Waals surface area contributed by atoms with Crippen LogP contribution in [0.5, 0.6) is 0 Å². The van der Waals surface area contributed by atoms with Crippen LogP contribution >= 0.6 is 15.9 Å². The molecule has 1 aliphatic rings. The average Bonchev–Trinajstić information content (AvgIpc) is 2.78. The molecular formula is C13H18BrN3O. The van der Waals surface area contributed by atoms with Crippen LogP contribution in [-0.4, -0.2) is 31.1 Å². The number of carbonyl (C=O) groups excluding carboxylic acids is 1. The fourth-order valence-corrected chi connectivity index (χ4v) is 2.36. The molecule has 5 heteroatoms. The lowest BCUT2D eigenvalue weighted by molar-refractivity contribution is -0.122. The van der Waals surface area contributed by atoms with E-state index in [0.29, 0.717) is 0 Å². The molecule has 1 aromatic rings. The molecule has 1 amide bonds. The summed E-state index contributed by atoms with van der Waals surface area (Å²) in [4.78, 5) is 13.8. The molecule has 1 aromatic carbocycles. The molecule has 4 nitrogen and oxygen atoms in total. The number of hydrogen-bond acceptors (Lipinski definition) is 3. The van der Waals surface area contributed by atoms with E-state index >= 15 is 0 Å². The van der Waals surface area contributed by atoms with Crippen molar-refractivity contribution in [3.05, 3.63) is 28.7 Å². The fourth-order valence-electron chi connectivity index (χ4n) is 2.10. The predicted molar refractivity (Wildman–Crippen MR) is 76.6 cm³/mol. The molecule has 1 aliphatic heterocycles. The van der Waals surface area contributed by atoms with Crippen LogP contribution in [0.3, 0.4) is 0 Å². The second-order valence-corrected chi connectivity index (χ2v) is 5.62. The minimum Gasteiger partial charge on any atom is -0.369 e. The fraction of sp³-hybridized carbons (Fsp3) is 0.462. The lowest BCUT2D eigenvalue weighted by Crippen LogP contribution is -2.44. The van der Waals surface area contributed by atoms with Crippen molar-refractivity contribution in [1.82, 2.24) is 5.32 Å². The Balaban J connectivity index is 1.92. The van der Waals surface area contributed by atoms with Crippen molar-refractivity contribution in [3.8, 4) is 0 Å². The molecule has 0 aliphatic carbocycles. The lowest BCUT2D eigenvalue weighted by Gasteiger charge is -2.19. The van der Waals surface area contributed by atoms with Crippen LogP contribution in [0.1, 0.15) is 13.3 Å². The van der Waals surface area contributed by atoms with Crippen molar-refractivity contribution in [2.24, 2.45) is 5.73 Å². The maximum atomic E-state index is 11.5. The Hall–Kier alpha value is -1.07. The number of nitrogens with zero attached hydrogens (tertiary/aromatic N) is 1. The van der Waals surface area contributed by atoms with Crippen molar-refractivity contribution < 1.29 is 4.79 Å². The van der Waals surface area contributed by atoms with Gasteiger partial charge in [-0.2, -0.15) is 0 Å². The van der Waals surface area contributed by atoms with Gasteiger partial charge >= 0.3 is 0 Å². The molecule has 1 unspecified atom stereocenters. The van der Waals surface area contributed by atoms with Gasteiger partial charge in [0.1, 0.15) is 0 Å². The van der Waals surface area contributed by atoms with Crippen molar-refractivity contribution >= 4 is 27.5 Å². The maximum absolute atomic E-state index is 11.5. The van der Waals surface area contributed by atoms with Gasteiger partial charge in [0.25, 0.3) is 0 Å². The second kappa shape index (κ2) is 5.71. The maximum Gasteiger partial charge on any atom is 0.236 e. The molecule has 0 aromatic heterocycles. The molecule has 0 spiro atoms. The van der Waals surface area contributed by atoms with Crippen LogP contribution in [0.25, 0.3) is 0 Å². The highest BCUT2D eigenvalue weighted by atomic mass is 79.9. The third-order valence-electron chi connectivity index (χ3n) is 3.14. The SMILES string of the molecule is C[C@@H](N)C(=O)NC1CCN(c2ccc(Br)cc2)C1. The molecule has 1 saturated heterocycles. The number of rotatable bonds is 3. The van der Waals surface area contributed by atoms with Crippen LogP contribution in [0.4, 0.5) is 5.69 Å². The van der Waals surface area contributed by atoms with Crippen LogP contribution in [0.2, 0.25) is 0 Å². The van der Waals surface area contributed by atoms with Gasteiger partial charge < -0.3 is 16.0 Å². The molecule has 0 saturated carbocycles. The standard InChI is InChI=1S/C13H18BrN3O/c1-9(15)13(18)16-11-6-7-17(8-11)12-4-2-10(14)3-5-12/h2-5,9,11H,6-8,15H2,1H3,(H,16,18)/t9-,11?/m1/s1. The molecular weight excluding hydrogens is 294 g/mol. The molecule has 1 fully saturated rings. The summed E-state index contributed by atoms with van der Waals surface area (Å²) in [5, 5.41) is 2.97. The Morgan fingerprint density at radius 1 is 1.50 bits per heavy atom. The first-order chi connectivity index (χ1) is 8.56. The van der Waals surface area contributed by atoms with Gasteiger partial charge in [-0.05, 0) is 37.6 Å². The van der Waals surface area contributed by atoms with E-state index in [1.165, 1.54) is 5.69 Å². The summed E-state index contributed by atoms with van der Waals surface area (Å²) < 4.78 is 1.08. The van der Waals surface area contributed by atoms with E-state index in [-0.39, 0.29) is 11.9 Å². The van der Waals surface area contributed by atoms with E-state index in [1.54, 1.807) is 6.92 Å². The third kappa shape index (κ3) is 3.23. The van der Waals surface area contributed by atoms with E-state index in [1.807, 2.05) is 12.1 Å². The summed E-state index contributed by atoms with van der Waals surface area (Å²) >= 11 is 3.43. The summed E-state index contributed by atoms with van der Waals surface area (Å²) in [5.41, 5.74) is 6.74. The Morgan fingerprint density at radius 3 is 2.78 bits per heavy atom. The van der Waals surface area contributed by atoms with Gasteiger partial charge in [0, 0.05) is 29.3 Å². The van der Waals surface area contributed by atoms with Crippen LogP contribution in [0.15, 0.2) is 28.7 Å². The summed E-state index contributed by atoms with van der Waals surface area (Å²) in [6.07, 6.45) is 0.967. The summed E-state index contributed by atoms with van der Waals surface area (Å²) in [6.45, 7) is 3.52. The molecule has 98 valence electrons. The number of nitrogens with one attached hydrogen (secondary N) is 1. The van der Waals surface area contributed by atoms with Gasteiger partial charge in [0.2, 0.25) is 5.91 Å². The average molecular weight is 312 g/mol. The quantitative estimate of drug-likeness (QED) is 0.889. The van der Waals surface area contributed by atoms with Gasteiger partial charge in [-0.15, -0.1) is 0 Å². The van der Waals surface area contributed by atoms with Crippen LogP contribution in [0, 0.1) is 0 Å². The zero-order valence-electron chi connectivity index (χ0n) is 10.4. The van der Waals surface area contributed by atoms with Gasteiger partial charge in [-0.25, -0.2) is 0 Å². The molecule has 0 radical (unpaired) electrons. The van der Waals surface area contributed by atoms with E-state index in [4.69, 9.17) is 5.73 Å². The smallest absolute Gasteiger partial charge is 0.236 e. The number of carbonyl (C=O) groups is 1. The predicted octanol–water partition coefficient (Wildman–Crippen LogP) is 1.49. The van der Waals surface area contributed by atoms with Gasteiger partial charge in [0.05, 0.1) is 6.04 Å². The Labute approximate surface area is 116 Å². The molecule has 1 heterocycles. The normalized spacial score (nSPS) is 20.8. The van der Waals surface area contributed by atoms with Crippen molar-refractivity contribution in [2.75, 3.05) is 18.0 Å².